The third-order valence-corrected chi connectivity index (χ3v) is 6.15. The van der Waals surface area contributed by atoms with E-state index in [9.17, 15) is 14.9 Å². The van der Waals surface area contributed by atoms with Gasteiger partial charge in [0.05, 0.1) is 6.10 Å². The number of nitrogens with zero attached hydrogens (tertiary/aromatic N) is 3. The number of carbonyl (C=O) groups excluding carboxylic acids is 1. The van der Waals surface area contributed by atoms with Crippen molar-refractivity contribution in [3.8, 4) is 17.7 Å². The predicted octanol–water partition coefficient (Wildman–Crippen LogP) is 4.29. The van der Waals surface area contributed by atoms with Gasteiger partial charge in [-0.2, -0.15) is 10.2 Å². The van der Waals surface area contributed by atoms with Gasteiger partial charge in [-0.15, -0.1) is 0 Å². The largest absolute Gasteiger partial charge is 0.438 e. The molecule has 1 atom stereocenters. The number of aryl methyl sites for hydroxylation is 1. The summed E-state index contributed by atoms with van der Waals surface area (Å²) in [6.45, 7) is 9.17. The summed E-state index contributed by atoms with van der Waals surface area (Å²) in [5.74, 6) is -0.0662. The molecule has 0 saturated carbocycles. The first-order chi connectivity index (χ1) is 17.2. The second-order valence-electron chi connectivity index (χ2n) is 9.91. The summed E-state index contributed by atoms with van der Waals surface area (Å²) in [5, 5.41) is 12.4. The van der Waals surface area contributed by atoms with Crippen molar-refractivity contribution in [2.24, 2.45) is 0 Å². The first-order valence-electron chi connectivity index (χ1n) is 12.0. The number of nitrogens with one attached hydrogen (secondary N) is 1. The average molecular weight is 487 g/mol. The zero-order valence-electron chi connectivity index (χ0n) is 21.0. The Hall–Kier alpha value is -3.96. The lowest BCUT2D eigenvalue weighted by Crippen LogP contribution is -2.32. The first kappa shape index (κ1) is 25.1. The van der Waals surface area contributed by atoms with Crippen LogP contribution in [0.25, 0.3) is 11.7 Å². The molecular formula is C28H30N4O4. The Morgan fingerprint density at radius 1 is 1.31 bits per heavy atom. The highest BCUT2D eigenvalue weighted by molar-refractivity contribution is 6.01. The van der Waals surface area contributed by atoms with Gasteiger partial charge in [0.25, 0.3) is 11.5 Å². The van der Waals surface area contributed by atoms with Gasteiger partial charge >= 0.3 is 0 Å². The summed E-state index contributed by atoms with van der Waals surface area (Å²) in [5.41, 5.74) is 1.68. The molecule has 3 aromatic rings. The summed E-state index contributed by atoms with van der Waals surface area (Å²) in [6.07, 6.45) is 4.57. The van der Waals surface area contributed by atoms with E-state index in [2.05, 4.69) is 31.1 Å². The molecule has 0 bridgehead atoms. The van der Waals surface area contributed by atoms with E-state index in [-0.39, 0.29) is 28.5 Å². The Morgan fingerprint density at radius 2 is 2.06 bits per heavy atom. The lowest BCUT2D eigenvalue weighted by atomic mass is 9.87. The third kappa shape index (κ3) is 5.47. The molecule has 8 heteroatoms. The number of nitriles is 1. The Bertz CT molecular complexity index is 1400. The van der Waals surface area contributed by atoms with Gasteiger partial charge in [-0.1, -0.05) is 39.0 Å². The molecule has 0 radical (unpaired) electrons. The molecule has 4 rings (SSSR count). The first-order valence-corrected chi connectivity index (χ1v) is 12.0. The number of fused-ring (bicyclic) bond motifs is 1. The van der Waals surface area contributed by atoms with Gasteiger partial charge in [-0.3, -0.25) is 14.0 Å². The number of amides is 1. The van der Waals surface area contributed by atoms with Crippen molar-refractivity contribution >= 4 is 17.6 Å². The van der Waals surface area contributed by atoms with Gasteiger partial charge in [0.15, 0.2) is 0 Å². The van der Waals surface area contributed by atoms with Crippen LogP contribution in [0.2, 0.25) is 0 Å². The van der Waals surface area contributed by atoms with Crippen LogP contribution in [0.3, 0.4) is 0 Å². The number of hydrogen-bond donors (Lipinski definition) is 1. The predicted molar refractivity (Wildman–Crippen MR) is 137 cm³/mol. The van der Waals surface area contributed by atoms with Crippen LogP contribution in [0, 0.1) is 18.3 Å². The van der Waals surface area contributed by atoms with Crippen LogP contribution in [0.4, 0.5) is 0 Å². The molecule has 1 N–H and O–H groups in total. The highest BCUT2D eigenvalue weighted by Gasteiger charge is 2.21. The number of aromatic nitrogens is 2. The fraction of sp³-hybridized carbons (Fsp3) is 0.357. The van der Waals surface area contributed by atoms with E-state index in [1.54, 1.807) is 12.3 Å². The van der Waals surface area contributed by atoms with E-state index in [0.717, 1.165) is 24.0 Å². The Labute approximate surface area is 210 Å². The number of pyridine rings is 1. The van der Waals surface area contributed by atoms with Crippen LogP contribution in [0.5, 0.6) is 11.6 Å². The molecule has 186 valence electrons. The molecule has 1 saturated heterocycles. The lowest BCUT2D eigenvalue weighted by molar-refractivity contribution is -0.117. The quantitative estimate of drug-likeness (QED) is 0.411. The Morgan fingerprint density at radius 3 is 2.69 bits per heavy atom. The van der Waals surface area contributed by atoms with E-state index in [1.807, 2.05) is 43.3 Å². The maximum atomic E-state index is 13.5. The van der Waals surface area contributed by atoms with Crippen LogP contribution >= 0.6 is 0 Å². The molecule has 36 heavy (non-hydrogen) atoms. The Kier molecular flexibility index (Phi) is 7.22. The molecule has 1 amide bonds. The number of rotatable bonds is 6. The van der Waals surface area contributed by atoms with Crippen LogP contribution in [-0.2, 0) is 14.9 Å². The highest BCUT2D eigenvalue weighted by atomic mass is 16.5. The Balaban J connectivity index is 1.74. The molecule has 0 spiro atoms. The molecular weight excluding hydrogens is 456 g/mol. The standard InChI is InChI=1S/C28H30N4O4/c1-18-7-5-13-32-24(18)31-26(36-21-11-9-20(10-12-21)28(2,3)4)23(27(32)34)15-19(16-29)25(33)30-17-22-8-6-14-35-22/h5,7,9-13,15,22H,6,8,14,17H2,1-4H3,(H,30,33)/b19-15+. The number of ether oxygens (including phenoxy) is 2. The van der Waals surface area contributed by atoms with E-state index >= 15 is 0 Å². The molecule has 1 aliphatic rings. The summed E-state index contributed by atoms with van der Waals surface area (Å²) < 4.78 is 13.0. The van der Waals surface area contributed by atoms with Crippen molar-refractivity contribution in [1.82, 2.24) is 14.7 Å². The second kappa shape index (κ2) is 10.3. The maximum Gasteiger partial charge on any atom is 0.269 e. The fourth-order valence-corrected chi connectivity index (χ4v) is 4.03. The van der Waals surface area contributed by atoms with E-state index < -0.39 is 11.5 Å². The molecule has 1 aromatic carbocycles. The molecule has 2 aromatic heterocycles. The average Bonchev–Trinajstić information content (AvgIpc) is 3.37. The fourth-order valence-electron chi connectivity index (χ4n) is 4.03. The minimum atomic E-state index is -0.581. The second-order valence-corrected chi connectivity index (χ2v) is 9.91. The molecule has 1 fully saturated rings. The minimum absolute atomic E-state index is 0.0156. The zero-order chi connectivity index (χ0) is 25.9. The summed E-state index contributed by atoms with van der Waals surface area (Å²) in [6, 6.07) is 13.0. The van der Waals surface area contributed by atoms with E-state index in [0.29, 0.717) is 24.5 Å². The number of carbonyl (C=O) groups is 1. The highest BCUT2D eigenvalue weighted by Crippen LogP contribution is 2.28. The molecule has 1 aliphatic heterocycles. The summed E-state index contributed by atoms with van der Waals surface area (Å²) >= 11 is 0. The van der Waals surface area contributed by atoms with Gasteiger partial charge in [0.1, 0.15) is 28.6 Å². The SMILES string of the molecule is Cc1cccn2c(=O)c(/C=C(\C#N)C(=O)NCC3CCCO3)c(Oc3ccc(C(C)(C)C)cc3)nc12. The monoisotopic (exact) mass is 486 g/mol. The van der Waals surface area contributed by atoms with Gasteiger partial charge in [0, 0.05) is 19.3 Å². The normalized spacial score (nSPS) is 16.1. The van der Waals surface area contributed by atoms with Gasteiger partial charge in [-0.25, -0.2) is 0 Å². The van der Waals surface area contributed by atoms with Crippen molar-refractivity contribution in [2.75, 3.05) is 13.2 Å². The topological polar surface area (TPSA) is 106 Å². The molecule has 8 nitrogen and oxygen atoms in total. The van der Waals surface area contributed by atoms with E-state index in [1.165, 1.54) is 10.5 Å². The minimum Gasteiger partial charge on any atom is -0.438 e. The van der Waals surface area contributed by atoms with Crippen LogP contribution < -0.4 is 15.6 Å². The van der Waals surface area contributed by atoms with Gasteiger partial charge < -0.3 is 14.8 Å². The smallest absolute Gasteiger partial charge is 0.269 e. The molecule has 0 aliphatic carbocycles. The third-order valence-electron chi connectivity index (χ3n) is 6.15. The van der Waals surface area contributed by atoms with Crippen molar-refractivity contribution < 1.29 is 14.3 Å². The van der Waals surface area contributed by atoms with Crippen LogP contribution in [0.1, 0.15) is 50.3 Å². The van der Waals surface area contributed by atoms with Crippen molar-refractivity contribution in [2.45, 2.75) is 52.1 Å². The van der Waals surface area contributed by atoms with Gasteiger partial charge in [0.2, 0.25) is 5.88 Å². The molecule has 1 unspecified atom stereocenters. The molecule has 3 heterocycles. The van der Waals surface area contributed by atoms with Gasteiger partial charge in [-0.05, 0) is 60.6 Å². The summed E-state index contributed by atoms with van der Waals surface area (Å²) in [7, 11) is 0. The number of hydrogen-bond acceptors (Lipinski definition) is 6. The summed E-state index contributed by atoms with van der Waals surface area (Å²) in [4.78, 5) is 30.8. The number of benzene rings is 1. The zero-order valence-corrected chi connectivity index (χ0v) is 21.0. The lowest BCUT2D eigenvalue weighted by Gasteiger charge is -2.19. The van der Waals surface area contributed by atoms with Crippen molar-refractivity contribution in [3.63, 3.8) is 0 Å². The van der Waals surface area contributed by atoms with E-state index in [4.69, 9.17) is 9.47 Å². The van der Waals surface area contributed by atoms with Crippen LogP contribution in [-0.4, -0.2) is 34.5 Å². The maximum absolute atomic E-state index is 13.5. The van der Waals surface area contributed by atoms with Crippen molar-refractivity contribution in [1.29, 1.82) is 5.26 Å². The van der Waals surface area contributed by atoms with Crippen molar-refractivity contribution in [3.05, 3.63) is 75.2 Å². The van der Waals surface area contributed by atoms with Crippen LogP contribution in [0.15, 0.2) is 53.0 Å².